The van der Waals surface area contributed by atoms with E-state index in [1.54, 1.807) is 0 Å². The van der Waals surface area contributed by atoms with E-state index in [0.29, 0.717) is 5.41 Å². The van der Waals surface area contributed by atoms with Gasteiger partial charge in [-0.25, -0.2) is 4.39 Å². The van der Waals surface area contributed by atoms with Crippen LogP contribution in [0.5, 0.6) is 0 Å². The fourth-order valence-electron chi connectivity index (χ4n) is 1.96. The van der Waals surface area contributed by atoms with Crippen LogP contribution in [0.2, 0.25) is 0 Å². The lowest BCUT2D eigenvalue weighted by molar-refractivity contribution is 0.481. The van der Waals surface area contributed by atoms with Gasteiger partial charge in [-0.2, -0.15) is 0 Å². The number of hydrogen-bond acceptors (Lipinski definition) is 2. The van der Waals surface area contributed by atoms with E-state index in [1.807, 2.05) is 19.2 Å². The van der Waals surface area contributed by atoms with Gasteiger partial charge >= 0.3 is 0 Å². The van der Waals surface area contributed by atoms with E-state index in [1.165, 1.54) is 25.0 Å². The van der Waals surface area contributed by atoms with E-state index in [0.717, 1.165) is 25.2 Å². The summed E-state index contributed by atoms with van der Waals surface area (Å²) in [4.78, 5) is 2.16. The first-order chi connectivity index (χ1) is 7.65. The van der Waals surface area contributed by atoms with Crippen LogP contribution in [-0.2, 0) is 0 Å². The Bertz CT molecular complexity index is 343. The SMILES string of the molecule is CN(CCC1(CN)CC1)c1ccc(F)cc1. The van der Waals surface area contributed by atoms with Gasteiger partial charge in [-0.3, -0.25) is 0 Å². The van der Waals surface area contributed by atoms with Gasteiger partial charge in [-0.15, -0.1) is 0 Å². The number of hydrogen-bond donors (Lipinski definition) is 1. The second-order valence-corrected chi connectivity index (χ2v) is 4.85. The number of benzene rings is 1. The van der Waals surface area contributed by atoms with Gasteiger partial charge in [0.05, 0.1) is 0 Å². The van der Waals surface area contributed by atoms with E-state index < -0.39 is 0 Å². The van der Waals surface area contributed by atoms with Crippen LogP contribution in [0.3, 0.4) is 0 Å². The van der Waals surface area contributed by atoms with Crippen molar-refractivity contribution in [2.75, 3.05) is 25.0 Å². The monoisotopic (exact) mass is 222 g/mol. The molecule has 2 N–H and O–H groups in total. The van der Waals surface area contributed by atoms with Crippen LogP contribution in [0.1, 0.15) is 19.3 Å². The Morgan fingerprint density at radius 3 is 2.44 bits per heavy atom. The molecule has 1 aromatic rings. The van der Waals surface area contributed by atoms with Crippen molar-refractivity contribution < 1.29 is 4.39 Å². The third kappa shape index (κ3) is 2.53. The van der Waals surface area contributed by atoms with Crippen molar-refractivity contribution in [2.24, 2.45) is 11.1 Å². The van der Waals surface area contributed by atoms with Crippen molar-refractivity contribution in [3.05, 3.63) is 30.1 Å². The molecule has 0 atom stereocenters. The van der Waals surface area contributed by atoms with Gasteiger partial charge in [0.2, 0.25) is 0 Å². The molecule has 0 heterocycles. The highest BCUT2D eigenvalue weighted by atomic mass is 19.1. The van der Waals surface area contributed by atoms with Crippen molar-refractivity contribution in [1.82, 2.24) is 0 Å². The minimum Gasteiger partial charge on any atom is -0.375 e. The van der Waals surface area contributed by atoms with Gasteiger partial charge < -0.3 is 10.6 Å². The lowest BCUT2D eigenvalue weighted by Gasteiger charge is -2.22. The molecule has 0 amide bonds. The van der Waals surface area contributed by atoms with E-state index in [2.05, 4.69) is 4.90 Å². The molecular formula is C13H19FN2. The Hall–Kier alpha value is -1.09. The zero-order valence-corrected chi connectivity index (χ0v) is 9.75. The molecule has 1 aromatic carbocycles. The summed E-state index contributed by atoms with van der Waals surface area (Å²) in [7, 11) is 2.04. The predicted octanol–water partition coefficient (Wildman–Crippen LogP) is 2.39. The van der Waals surface area contributed by atoms with Gasteiger partial charge in [0.25, 0.3) is 0 Å². The summed E-state index contributed by atoms with van der Waals surface area (Å²) in [5.41, 5.74) is 7.22. The van der Waals surface area contributed by atoms with Gasteiger partial charge in [-0.1, -0.05) is 0 Å². The third-order valence-electron chi connectivity index (χ3n) is 3.64. The topological polar surface area (TPSA) is 29.3 Å². The van der Waals surface area contributed by atoms with Crippen LogP contribution in [0.25, 0.3) is 0 Å². The molecule has 0 aromatic heterocycles. The summed E-state index contributed by atoms with van der Waals surface area (Å²) in [5, 5.41) is 0. The molecule has 2 nitrogen and oxygen atoms in total. The van der Waals surface area contributed by atoms with Gasteiger partial charge in [-0.05, 0) is 55.5 Å². The minimum absolute atomic E-state index is 0.183. The molecular weight excluding hydrogens is 203 g/mol. The molecule has 88 valence electrons. The number of nitrogens with two attached hydrogens (primary N) is 1. The average Bonchev–Trinajstić information content (AvgIpc) is 3.08. The highest BCUT2D eigenvalue weighted by Crippen LogP contribution is 2.47. The lowest BCUT2D eigenvalue weighted by Crippen LogP contribution is -2.25. The summed E-state index contributed by atoms with van der Waals surface area (Å²) < 4.78 is 12.8. The molecule has 0 aliphatic heterocycles. The summed E-state index contributed by atoms with van der Waals surface area (Å²) >= 11 is 0. The van der Waals surface area contributed by atoms with E-state index in [-0.39, 0.29) is 5.82 Å². The fraction of sp³-hybridized carbons (Fsp3) is 0.538. The van der Waals surface area contributed by atoms with Crippen LogP contribution in [0, 0.1) is 11.2 Å². The fourth-order valence-corrected chi connectivity index (χ4v) is 1.96. The quantitative estimate of drug-likeness (QED) is 0.829. The zero-order chi connectivity index (χ0) is 11.6. The number of nitrogens with zero attached hydrogens (tertiary/aromatic N) is 1. The average molecular weight is 222 g/mol. The van der Waals surface area contributed by atoms with E-state index >= 15 is 0 Å². The van der Waals surface area contributed by atoms with Crippen LogP contribution in [-0.4, -0.2) is 20.1 Å². The minimum atomic E-state index is -0.183. The summed E-state index contributed by atoms with van der Waals surface area (Å²) in [6, 6.07) is 6.64. The van der Waals surface area contributed by atoms with Gasteiger partial charge in [0.15, 0.2) is 0 Å². The van der Waals surface area contributed by atoms with Crippen molar-refractivity contribution in [3.8, 4) is 0 Å². The Morgan fingerprint density at radius 2 is 1.94 bits per heavy atom. The number of anilines is 1. The number of rotatable bonds is 5. The van der Waals surface area contributed by atoms with Crippen LogP contribution >= 0.6 is 0 Å². The molecule has 0 spiro atoms. The van der Waals surface area contributed by atoms with Crippen LogP contribution in [0.4, 0.5) is 10.1 Å². The Morgan fingerprint density at radius 1 is 1.31 bits per heavy atom. The molecule has 0 unspecified atom stereocenters. The Labute approximate surface area is 96.2 Å². The molecule has 1 fully saturated rings. The standard InChI is InChI=1S/C13H19FN2/c1-16(9-8-13(10-15)6-7-13)12-4-2-11(14)3-5-12/h2-5H,6-10,15H2,1H3. The van der Waals surface area contributed by atoms with E-state index in [9.17, 15) is 4.39 Å². The Balaban J connectivity index is 1.88. The summed E-state index contributed by atoms with van der Waals surface area (Å²) in [6.07, 6.45) is 3.67. The van der Waals surface area contributed by atoms with Gasteiger partial charge in [0, 0.05) is 19.3 Å². The zero-order valence-electron chi connectivity index (χ0n) is 9.75. The van der Waals surface area contributed by atoms with Crippen molar-refractivity contribution in [2.45, 2.75) is 19.3 Å². The molecule has 1 aliphatic carbocycles. The maximum absolute atomic E-state index is 12.8. The van der Waals surface area contributed by atoms with Crippen molar-refractivity contribution >= 4 is 5.69 Å². The third-order valence-corrected chi connectivity index (χ3v) is 3.64. The maximum atomic E-state index is 12.8. The first-order valence-electron chi connectivity index (χ1n) is 5.82. The molecule has 0 radical (unpaired) electrons. The lowest BCUT2D eigenvalue weighted by atomic mass is 10.0. The first-order valence-corrected chi connectivity index (χ1v) is 5.82. The molecule has 16 heavy (non-hydrogen) atoms. The highest BCUT2D eigenvalue weighted by Gasteiger charge is 2.40. The van der Waals surface area contributed by atoms with Crippen LogP contribution in [0.15, 0.2) is 24.3 Å². The molecule has 1 aliphatic rings. The smallest absolute Gasteiger partial charge is 0.123 e. The second-order valence-electron chi connectivity index (χ2n) is 4.85. The second kappa shape index (κ2) is 4.42. The highest BCUT2D eigenvalue weighted by molar-refractivity contribution is 5.45. The molecule has 2 rings (SSSR count). The van der Waals surface area contributed by atoms with Gasteiger partial charge in [0.1, 0.15) is 5.82 Å². The largest absolute Gasteiger partial charge is 0.375 e. The van der Waals surface area contributed by atoms with Crippen molar-refractivity contribution in [3.63, 3.8) is 0 Å². The van der Waals surface area contributed by atoms with Crippen LogP contribution < -0.4 is 10.6 Å². The summed E-state index contributed by atoms with van der Waals surface area (Å²) in [5.74, 6) is -0.183. The first kappa shape index (κ1) is 11.4. The molecule has 3 heteroatoms. The normalized spacial score (nSPS) is 17.2. The van der Waals surface area contributed by atoms with E-state index in [4.69, 9.17) is 5.73 Å². The van der Waals surface area contributed by atoms with Crippen molar-refractivity contribution in [1.29, 1.82) is 0 Å². The molecule has 0 bridgehead atoms. The Kier molecular flexibility index (Phi) is 3.15. The predicted molar refractivity (Wildman–Crippen MR) is 65.0 cm³/mol. The summed E-state index contributed by atoms with van der Waals surface area (Å²) in [6.45, 7) is 1.78. The molecule has 0 saturated heterocycles. The maximum Gasteiger partial charge on any atom is 0.123 e. The number of halogens is 1. The molecule has 1 saturated carbocycles.